The van der Waals surface area contributed by atoms with E-state index in [2.05, 4.69) is 15.4 Å². The molecule has 0 aliphatic carbocycles. The number of benzene rings is 1. The fourth-order valence-corrected chi connectivity index (χ4v) is 2.67. The number of amides is 1. The largest absolute Gasteiger partial charge is 0.438 e. The van der Waals surface area contributed by atoms with Gasteiger partial charge in [0.05, 0.1) is 0 Å². The first kappa shape index (κ1) is 17.7. The molecule has 6 nitrogen and oxygen atoms in total. The third-order valence-corrected chi connectivity index (χ3v) is 4.21. The Labute approximate surface area is 152 Å². The second-order valence-corrected chi connectivity index (χ2v) is 6.17. The standard InChI is InChI=1S/C20H22N4O2/c1-14-7-4-8-15(2)18(14)26-20-17(9-5-10-21-20)13-22-19(25)16(3)24-12-6-11-23-24/h4-12,16H,13H2,1-3H3,(H,22,25)/t16-/m0/s1. The molecule has 0 radical (unpaired) electrons. The molecule has 26 heavy (non-hydrogen) atoms. The number of carbonyl (C=O) groups excluding carboxylic acids is 1. The summed E-state index contributed by atoms with van der Waals surface area (Å²) in [6.45, 7) is 6.13. The van der Waals surface area contributed by atoms with Crippen molar-refractivity contribution in [2.75, 3.05) is 0 Å². The van der Waals surface area contributed by atoms with E-state index >= 15 is 0 Å². The third-order valence-electron chi connectivity index (χ3n) is 4.21. The van der Waals surface area contributed by atoms with Crippen LogP contribution in [0.4, 0.5) is 0 Å². The minimum absolute atomic E-state index is 0.115. The van der Waals surface area contributed by atoms with Gasteiger partial charge >= 0.3 is 0 Å². The number of pyridine rings is 1. The van der Waals surface area contributed by atoms with Crippen molar-refractivity contribution < 1.29 is 9.53 Å². The highest BCUT2D eigenvalue weighted by atomic mass is 16.5. The van der Waals surface area contributed by atoms with Crippen molar-refractivity contribution in [2.24, 2.45) is 0 Å². The van der Waals surface area contributed by atoms with E-state index in [4.69, 9.17) is 4.74 Å². The maximum Gasteiger partial charge on any atom is 0.244 e. The van der Waals surface area contributed by atoms with Crippen LogP contribution in [0.5, 0.6) is 11.6 Å². The molecule has 0 aliphatic rings. The van der Waals surface area contributed by atoms with Crippen LogP contribution in [-0.4, -0.2) is 20.7 Å². The number of nitrogens with zero attached hydrogens (tertiary/aromatic N) is 3. The predicted octanol–water partition coefficient (Wildman–Crippen LogP) is 3.56. The molecule has 1 N–H and O–H groups in total. The van der Waals surface area contributed by atoms with Gasteiger partial charge in [0.15, 0.2) is 0 Å². The number of para-hydroxylation sites is 1. The Hall–Kier alpha value is -3.15. The van der Waals surface area contributed by atoms with E-state index in [1.54, 1.807) is 36.3 Å². The van der Waals surface area contributed by atoms with Gasteiger partial charge in [0, 0.05) is 30.7 Å². The van der Waals surface area contributed by atoms with Gasteiger partial charge in [-0.05, 0) is 44.0 Å². The Morgan fingerprint density at radius 1 is 1.15 bits per heavy atom. The molecule has 0 spiro atoms. The molecule has 0 fully saturated rings. The quantitative estimate of drug-likeness (QED) is 0.738. The predicted molar refractivity (Wildman–Crippen MR) is 99.0 cm³/mol. The molecule has 1 aromatic carbocycles. The summed E-state index contributed by atoms with van der Waals surface area (Å²) in [6, 6.07) is 11.1. The van der Waals surface area contributed by atoms with E-state index in [-0.39, 0.29) is 11.9 Å². The van der Waals surface area contributed by atoms with Crippen LogP contribution in [0.2, 0.25) is 0 Å². The zero-order valence-corrected chi connectivity index (χ0v) is 15.1. The number of nitrogens with one attached hydrogen (secondary N) is 1. The van der Waals surface area contributed by atoms with Crippen molar-refractivity contribution in [1.82, 2.24) is 20.1 Å². The lowest BCUT2D eigenvalue weighted by Gasteiger charge is -2.15. The number of hydrogen-bond donors (Lipinski definition) is 1. The fraction of sp³-hybridized carbons (Fsp3) is 0.250. The molecule has 3 aromatic rings. The van der Waals surface area contributed by atoms with Crippen LogP contribution >= 0.6 is 0 Å². The molecule has 134 valence electrons. The number of ether oxygens (including phenoxy) is 1. The molecule has 0 bridgehead atoms. The summed E-state index contributed by atoms with van der Waals surface area (Å²) in [5, 5.41) is 7.03. The Kier molecular flexibility index (Phi) is 5.31. The summed E-state index contributed by atoms with van der Waals surface area (Å²) in [5.41, 5.74) is 2.90. The lowest BCUT2D eigenvalue weighted by atomic mass is 10.1. The Morgan fingerprint density at radius 3 is 2.62 bits per heavy atom. The summed E-state index contributed by atoms with van der Waals surface area (Å²) in [5.74, 6) is 1.18. The van der Waals surface area contributed by atoms with Crippen LogP contribution in [0, 0.1) is 13.8 Å². The molecule has 0 saturated carbocycles. The number of hydrogen-bond acceptors (Lipinski definition) is 4. The molecule has 0 unspecified atom stereocenters. The first-order chi connectivity index (χ1) is 12.6. The van der Waals surface area contributed by atoms with Gasteiger partial charge in [-0.1, -0.05) is 24.3 Å². The highest BCUT2D eigenvalue weighted by Gasteiger charge is 2.16. The second-order valence-electron chi connectivity index (χ2n) is 6.17. The summed E-state index contributed by atoms with van der Waals surface area (Å²) < 4.78 is 7.67. The molecule has 2 aromatic heterocycles. The number of aryl methyl sites for hydroxylation is 2. The normalized spacial score (nSPS) is 11.8. The second kappa shape index (κ2) is 7.82. The molecule has 3 rings (SSSR count). The highest BCUT2D eigenvalue weighted by molar-refractivity contribution is 5.79. The summed E-state index contributed by atoms with van der Waals surface area (Å²) in [4.78, 5) is 16.7. The zero-order valence-electron chi connectivity index (χ0n) is 15.1. The minimum atomic E-state index is -0.385. The van der Waals surface area contributed by atoms with Crippen LogP contribution in [0.25, 0.3) is 0 Å². The van der Waals surface area contributed by atoms with E-state index in [1.165, 1.54) is 0 Å². The van der Waals surface area contributed by atoms with E-state index in [1.807, 2.05) is 44.2 Å². The van der Waals surface area contributed by atoms with Crippen molar-refractivity contribution >= 4 is 5.91 Å². The van der Waals surface area contributed by atoms with E-state index in [0.29, 0.717) is 12.4 Å². The average Bonchev–Trinajstić information content (AvgIpc) is 3.17. The number of carbonyl (C=O) groups is 1. The molecular formula is C20H22N4O2. The first-order valence-electron chi connectivity index (χ1n) is 8.51. The molecule has 2 heterocycles. The van der Waals surface area contributed by atoms with Crippen molar-refractivity contribution in [2.45, 2.75) is 33.4 Å². The highest BCUT2D eigenvalue weighted by Crippen LogP contribution is 2.29. The van der Waals surface area contributed by atoms with Crippen LogP contribution in [0.15, 0.2) is 55.0 Å². The summed E-state index contributed by atoms with van der Waals surface area (Å²) in [6.07, 6.45) is 5.10. The van der Waals surface area contributed by atoms with Crippen LogP contribution in [0.3, 0.4) is 0 Å². The SMILES string of the molecule is Cc1cccc(C)c1Oc1ncccc1CNC(=O)[C@H](C)n1cccn1. The van der Waals surface area contributed by atoms with Crippen molar-refractivity contribution in [1.29, 1.82) is 0 Å². The lowest BCUT2D eigenvalue weighted by molar-refractivity contribution is -0.124. The van der Waals surface area contributed by atoms with Crippen molar-refractivity contribution in [3.63, 3.8) is 0 Å². The number of aromatic nitrogens is 3. The maximum absolute atomic E-state index is 12.4. The molecule has 6 heteroatoms. The molecule has 1 amide bonds. The van der Waals surface area contributed by atoms with Gasteiger partial charge in [-0.25, -0.2) is 4.98 Å². The maximum atomic E-state index is 12.4. The molecule has 0 aliphatic heterocycles. The van der Waals surface area contributed by atoms with Crippen molar-refractivity contribution in [3.05, 3.63) is 71.7 Å². The van der Waals surface area contributed by atoms with E-state index in [9.17, 15) is 4.79 Å². The summed E-state index contributed by atoms with van der Waals surface area (Å²) in [7, 11) is 0. The molecular weight excluding hydrogens is 328 g/mol. The van der Waals surface area contributed by atoms with Gasteiger partial charge < -0.3 is 10.1 Å². The smallest absolute Gasteiger partial charge is 0.244 e. The van der Waals surface area contributed by atoms with E-state index < -0.39 is 0 Å². The Balaban J connectivity index is 1.72. The van der Waals surface area contributed by atoms with E-state index in [0.717, 1.165) is 22.4 Å². The van der Waals surface area contributed by atoms with Gasteiger partial charge in [-0.15, -0.1) is 0 Å². The Morgan fingerprint density at radius 2 is 1.92 bits per heavy atom. The summed E-state index contributed by atoms with van der Waals surface area (Å²) >= 11 is 0. The van der Waals surface area contributed by atoms with Gasteiger partial charge in [0.1, 0.15) is 11.8 Å². The van der Waals surface area contributed by atoms with Crippen molar-refractivity contribution in [3.8, 4) is 11.6 Å². The van der Waals surface area contributed by atoms with Gasteiger partial charge in [-0.2, -0.15) is 5.10 Å². The fourth-order valence-electron chi connectivity index (χ4n) is 2.67. The molecule has 0 saturated heterocycles. The van der Waals surface area contributed by atoms with Gasteiger partial charge in [-0.3, -0.25) is 9.48 Å². The topological polar surface area (TPSA) is 69.0 Å². The van der Waals surface area contributed by atoms with Gasteiger partial charge in [0.25, 0.3) is 0 Å². The number of rotatable bonds is 6. The van der Waals surface area contributed by atoms with Gasteiger partial charge in [0.2, 0.25) is 11.8 Å². The van der Waals surface area contributed by atoms with Crippen LogP contribution in [-0.2, 0) is 11.3 Å². The zero-order chi connectivity index (χ0) is 18.5. The minimum Gasteiger partial charge on any atom is -0.438 e. The lowest BCUT2D eigenvalue weighted by Crippen LogP contribution is -2.31. The van der Waals surface area contributed by atoms with Crippen LogP contribution in [0.1, 0.15) is 29.7 Å². The monoisotopic (exact) mass is 350 g/mol. The van der Waals surface area contributed by atoms with Crippen LogP contribution < -0.4 is 10.1 Å². The molecule has 1 atom stereocenters. The third kappa shape index (κ3) is 3.91. The average molecular weight is 350 g/mol. The first-order valence-corrected chi connectivity index (χ1v) is 8.51. The Bertz CT molecular complexity index is 870.